The second-order valence-electron chi connectivity index (χ2n) is 11.9. The first-order valence-electron chi connectivity index (χ1n) is 13.5. The molecule has 0 bridgehead atoms. The fourth-order valence-electron chi connectivity index (χ4n) is 7.26. The summed E-state index contributed by atoms with van der Waals surface area (Å²) in [5.74, 6) is -5.12. The smallest absolute Gasteiger partial charge is 0.255 e. The molecule has 0 aromatic heterocycles. The van der Waals surface area contributed by atoms with Gasteiger partial charge < -0.3 is 35.8 Å². The lowest BCUT2D eigenvalue weighted by atomic mass is 9.50. The fourth-order valence-corrected chi connectivity index (χ4v) is 7.26. The van der Waals surface area contributed by atoms with Gasteiger partial charge in [0.1, 0.15) is 28.6 Å². The number of aliphatic hydroxyl groups is 3. The van der Waals surface area contributed by atoms with E-state index in [1.54, 1.807) is 51.5 Å². The van der Waals surface area contributed by atoms with Gasteiger partial charge in [-0.1, -0.05) is 19.1 Å². The normalized spacial score (nSPS) is 27.0. The third-order valence-electron chi connectivity index (χ3n) is 9.13. The number of benzene rings is 2. The molecule has 0 spiro atoms. The highest BCUT2D eigenvalue weighted by Gasteiger charge is 2.70. The van der Waals surface area contributed by atoms with Gasteiger partial charge in [-0.15, -0.1) is 0 Å². The number of carbonyl (C=O) groups excluding carboxylic acids is 3. The van der Waals surface area contributed by atoms with Crippen molar-refractivity contribution in [1.29, 1.82) is 0 Å². The van der Waals surface area contributed by atoms with E-state index < -0.39 is 57.5 Å². The van der Waals surface area contributed by atoms with Crippen LogP contribution >= 0.6 is 0 Å². The number of likely N-dealkylation sites (N-methyl/N-ethyl adjacent to an activating group) is 1. The van der Waals surface area contributed by atoms with Crippen molar-refractivity contribution in [2.75, 3.05) is 40.2 Å². The number of phenols is 1. The summed E-state index contributed by atoms with van der Waals surface area (Å²) in [5.41, 5.74) is 2.39. The van der Waals surface area contributed by atoms with E-state index in [-0.39, 0.29) is 29.7 Å². The van der Waals surface area contributed by atoms with Crippen LogP contribution in [0.1, 0.15) is 24.5 Å². The lowest BCUT2D eigenvalue weighted by Crippen LogP contribution is -2.71. The maximum atomic E-state index is 14.3. The van der Waals surface area contributed by atoms with Gasteiger partial charge in [-0.05, 0) is 62.2 Å². The maximum absolute atomic E-state index is 14.3. The fraction of sp³-hybridized carbons (Fsp3) is 0.387. The van der Waals surface area contributed by atoms with Crippen molar-refractivity contribution in [3.05, 3.63) is 58.4 Å². The number of aromatic hydroxyl groups is 1. The molecule has 0 radical (unpaired) electrons. The molecule has 2 aromatic rings. The van der Waals surface area contributed by atoms with Crippen molar-refractivity contribution >= 4 is 28.9 Å². The van der Waals surface area contributed by atoms with Gasteiger partial charge in [0.15, 0.2) is 11.4 Å². The Kier molecular flexibility index (Phi) is 6.66. The predicted molar refractivity (Wildman–Crippen MR) is 155 cm³/mol. The first-order valence-corrected chi connectivity index (χ1v) is 13.5. The molecule has 0 heterocycles. The van der Waals surface area contributed by atoms with E-state index in [1.165, 1.54) is 11.8 Å². The van der Waals surface area contributed by atoms with E-state index in [1.807, 2.05) is 19.0 Å². The molecule has 4 atom stereocenters. The molecule has 0 aliphatic heterocycles. The van der Waals surface area contributed by atoms with Crippen molar-refractivity contribution in [3.63, 3.8) is 0 Å². The Bertz CT molecular complexity index is 1610. The van der Waals surface area contributed by atoms with E-state index in [2.05, 4.69) is 0 Å². The Labute approximate surface area is 243 Å². The van der Waals surface area contributed by atoms with Crippen LogP contribution in [0.2, 0.25) is 0 Å². The zero-order valence-corrected chi connectivity index (χ0v) is 24.3. The van der Waals surface area contributed by atoms with Crippen LogP contribution in [0.15, 0.2) is 47.2 Å². The number of aliphatic hydroxyl groups excluding tert-OH is 2. The third-order valence-corrected chi connectivity index (χ3v) is 9.13. The Hall–Kier alpha value is -4.35. The molecule has 2 aromatic carbocycles. The molecule has 3 aliphatic rings. The van der Waals surface area contributed by atoms with E-state index in [0.717, 1.165) is 0 Å². The van der Waals surface area contributed by atoms with Gasteiger partial charge in [0.05, 0.1) is 18.7 Å². The van der Waals surface area contributed by atoms with E-state index in [0.29, 0.717) is 28.1 Å². The van der Waals surface area contributed by atoms with Crippen LogP contribution in [0.25, 0.3) is 16.9 Å². The molecule has 5 rings (SSSR count). The molecular formula is C31H35N3O8. The number of ether oxygens (including phenoxy) is 1. The quantitative estimate of drug-likeness (QED) is 0.331. The number of anilines is 1. The van der Waals surface area contributed by atoms with Crippen LogP contribution in [0.3, 0.4) is 0 Å². The minimum absolute atomic E-state index is 0.00732. The summed E-state index contributed by atoms with van der Waals surface area (Å²) >= 11 is 0. The van der Waals surface area contributed by atoms with Gasteiger partial charge >= 0.3 is 0 Å². The van der Waals surface area contributed by atoms with Crippen LogP contribution in [-0.2, 0) is 20.8 Å². The number of primary amides is 1. The van der Waals surface area contributed by atoms with Crippen molar-refractivity contribution in [2.24, 2.45) is 17.1 Å². The lowest BCUT2D eigenvalue weighted by molar-refractivity contribution is -0.171. The third kappa shape index (κ3) is 3.69. The maximum Gasteiger partial charge on any atom is 0.255 e. The molecule has 1 fully saturated rings. The number of amides is 1. The zero-order chi connectivity index (χ0) is 31.0. The highest BCUT2D eigenvalue weighted by molar-refractivity contribution is 6.25. The molecule has 1 amide bonds. The van der Waals surface area contributed by atoms with Crippen molar-refractivity contribution < 1.29 is 39.5 Å². The van der Waals surface area contributed by atoms with Gasteiger partial charge in [0.25, 0.3) is 5.91 Å². The topological polar surface area (TPSA) is 174 Å². The standard InChI is InChI=1S/C31H35N3O8/c1-30-13-15-11-18-19(33(2)3)12-17(14-7-9-16(42-6)10-8-14)23(35)21(18)24(36)20(15)27(38)31(30,41)28(39)22(29(32)40)25(37)26(30)34(4)5/h7-10,12,15,26,35-36,39,41H,11,13H2,1-6H3,(H2,32,40)/t15-,26+,30?,31-/m0/s1. The van der Waals surface area contributed by atoms with Crippen LogP contribution < -0.4 is 15.4 Å². The van der Waals surface area contributed by atoms with Gasteiger partial charge in [-0.25, -0.2) is 0 Å². The van der Waals surface area contributed by atoms with Crippen molar-refractivity contribution in [1.82, 2.24) is 4.90 Å². The highest BCUT2D eigenvalue weighted by Crippen LogP contribution is 2.59. The largest absolute Gasteiger partial charge is 0.508 e. The summed E-state index contributed by atoms with van der Waals surface area (Å²) < 4.78 is 5.24. The molecule has 11 nitrogen and oxygen atoms in total. The molecule has 1 unspecified atom stereocenters. The summed E-state index contributed by atoms with van der Waals surface area (Å²) in [6.07, 6.45) is 0.185. The average Bonchev–Trinajstić information content (AvgIpc) is 2.90. The Morgan fingerprint density at radius 2 is 1.69 bits per heavy atom. The number of nitrogens with two attached hydrogens (primary N) is 1. The highest BCUT2D eigenvalue weighted by atomic mass is 16.5. The molecule has 11 heteroatoms. The minimum atomic E-state index is -2.74. The predicted octanol–water partition coefficient (Wildman–Crippen LogP) is 2.10. The van der Waals surface area contributed by atoms with Crippen LogP contribution in [0.5, 0.6) is 11.5 Å². The number of hydrogen-bond donors (Lipinski definition) is 5. The Morgan fingerprint density at radius 3 is 2.21 bits per heavy atom. The number of carbonyl (C=O) groups is 3. The van der Waals surface area contributed by atoms with Gasteiger partial charge in [-0.3, -0.25) is 19.3 Å². The summed E-state index contributed by atoms with van der Waals surface area (Å²) in [7, 11) is 8.33. The number of Topliss-reactive ketones (excluding diaryl/α,β-unsaturated/α-hetero) is 2. The Morgan fingerprint density at radius 1 is 1.07 bits per heavy atom. The summed E-state index contributed by atoms with van der Waals surface area (Å²) in [5, 5.41) is 46.5. The monoisotopic (exact) mass is 577 g/mol. The number of nitrogens with zero attached hydrogens (tertiary/aromatic N) is 2. The zero-order valence-electron chi connectivity index (χ0n) is 24.3. The first-order chi connectivity index (χ1) is 19.6. The first kappa shape index (κ1) is 29.2. The minimum Gasteiger partial charge on any atom is -0.508 e. The van der Waals surface area contributed by atoms with Crippen molar-refractivity contribution in [3.8, 4) is 22.6 Å². The van der Waals surface area contributed by atoms with Crippen LogP contribution in [-0.4, -0.2) is 89.7 Å². The average molecular weight is 578 g/mol. The van der Waals surface area contributed by atoms with Crippen molar-refractivity contribution in [2.45, 2.75) is 31.4 Å². The molecule has 1 saturated carbocycles. The second kappa shape index (κ2) is 9.60. The molecule has 0 saturated heterocycles. The molecule has 222 valence electrons. The number of rotatable bonds is 5. The van der Waals surface area contributed by atoms with E-state index >= 15 is 0 Å². The second-order valence-corrected chi connectivity index (χ2v) is 11.9. The number of ketones is 2. The van der Waals surface area contributed by atoms with Crippen LogP contribution in [0, 0.1) is 11.3 Å². The number of methoxy groups -OCH3 is 1. The van der Waals surface area contributed by atoms with E-state index in [9.17, 15) is 34.8 Å². The lowest BCUT2D eigenvalue weighted by Gasteiger charge is -2.57. The van der Waals surface area contributed by atoms with Gasteiger partial charge in [0, 0.05) is 36.3 Å². The Balaban J connectivity index is 1.79. The summed E-state index contributed by atoms with van der Waals surface area (Å²) in [6.45, 7) is 1.52. The van der Waals surface area contributed by atoms with Gasteiger partial charge in [-0.2, -0.15) is 0 Å². The van der Waals surface area contributed by atoms with E-state index in [4.69, 9.17) is 10.5 Å². The molecule has 6 N–H and O–H groups in total. The number of fused-ring (bicyclic) bond motifs is 3. The van der Waals surface area contributed by atoms with Crippen LogP contribution in [0.4, 0.5) is 5.69 Å². The number of phenolic OH excluding ortho intramolecular Hbond substituents is 1. The molecule has 42 heavy (non-hydrogen) atoms. The SMILES string of the molecule is COc1ccc(-c2cc(N(C)C)c3c(c2O)C(O)=C2C(=O)[C@]4(O)C(O)=C(C(N)=O)C(=O)[C@@H](N(C)C)C4(C)C[C@@H]2C3)cc1. The van der Waals surface area contributed by atoms with Gasteiger partial charge in [0.2, 0.25) is 5.78 Å². The molecular weight excluding hydrogens is 542 g/mol. The summed E-state index contributed by atoms with van der Waals surface area (Å²) in [4.78, 5) is 43.4. The number of hydrogen-bond acceptors (Lipinski definition) is 10. The molecule has 3 aliphatic carbocycles. The summed E-state index contributed by atoms with van der Waals surface area (Å²) in [6, 6.07) is 7.59.